The number of hydrogen-bond donors (Lipinski definition) is 1. The van der Waals surface area contributed by atoms with Crippen molar-refractivity contribution in [3.8, 4) is 5.69 Å². The number of benzene rings is 3. The molecule has 0 aliphatic carbocycles. The van der Waals surface area contributed by atoms with E-state index in [1.54, 1.807) is 16.3 Å². The van der Waals surface area contributed by atoms with Crippen molar-refractivity contribution in [3.05, 3.63) is 88.8 Å². The van der Waals surface area contributed by atoms with Crippen molar-refractivity contribution in [1.82, 2.24) is 9.55 Å². The molecule has 32 heavy (non-hydrogen) atoms. The number of aromatic nitrogens is 2. The Bertz CT molecular complexity index is 1360. The van der Waals surface area contributed by atoms with Crippen LogP contribution in [0.15, 0.2) is 87.6 Å². The number of fused-ring (bicyclic) bond motifs is 2. The summed E-state index contributed by atoms with van der Waals surface area (Å²) in [5.41, 5.74) is 2.30. The number of hydrogen-bond acceptors (Lipinski definition) is 5. The molecule has 0 fully saturated rings. The van der Waals surface area contributed by atoms with E-state index >= 15 is 0 Å². The van der Waals surface area contributed by atoms with Gasteiger partial charge in [0.2, 0.25) is 5.91 Å². The summed E-state index contributed by atoms with van der Waals surface area (Å²) in [6.07, 6.45) is 0.765. The molecule has 1 aliphatic rings. The normalized spacial score (nSPS) is 15.0. The number of carbonyl (C=O) groups excluding carboxylic acids is 1. The summed E-state index contributed by atoms with van der Waals surface area (Å²) in [5, 5.41) is 5.95. The van der Waals surface area contributed by atoms with Crippen molar-refractivity contribution in [2.24, 2.45) is 0 Å². The molecule has 1 aliphatic heterocycles. The first-order valence-electron chi connectivity index (χ1n) is 10.4. The molecule has 4 aromatic rings. The molecular formula is C25H21N3O2S2. The maximum atomic E-state index is 13.3. The van der Waals surface area contributed by atoms with Gasteiger partial charge >= 0.3 is 0 Å². The lowest BCUT2D eigenvalue weighted by Crippen LogP contribution is -2.24. The summed E-state index contributed by atoms with van der Waals surface area (Å²) in [5.74, 6) is 0.0210. The van der Waals surface area contributed by atoms with Crippen LogP contribution >= 0.6 is 23.5 Å². The van der Waals surface area contributed by atoms with Gasteiger partial charge in [-0.15, -0.1) is 11.8 Å². The van der Waals surface area contributed by atoms with E-state index in [4.69, 9.17) is 4.98 Å². The molecule has 160 valence electrons. The molecule has 0 unspecified atom stereocenters. The highest BCUT2D eigenvalue weighted by atomic mass is 32.2. The van der Waals surface area contributed by atoms with E-state index in [-0.39, 0.29) is 17.2 Å². The van der Waals surface area contributed by atoms with Crippen LogP contribution in [-0.2, 0) is 11.2 Å². The first-order chi connectivity index (χ1) is 15.6. The van der Waals surface area contributed by atoms with Gasteiger partial charge in [-0.25, -0.2) is 4.98 Å². The van der Waals surface area contributed by atoms with Gasteiger partial charge in [0.25, 0.3) is 5.56 Å². The number of carbonyl (C=O) groups is 1. The SMILES string of the molecule is C[C@@H]1Cc2nc(SCC(=O)Nc3cccc4ccccc34)n(-c3ccccc3)c(=O)c2S1. The van der Waals surface area contributed by atoms with Crippen molar-refractivity contribution in [1.29, 1.82) is 0 Å². The molecule has 0 bridgehead atoms. The number of thioether (sulfide) groups is 2. The average molecular weight is 460 g/mol. The molecule has 2 heterocycles. The van der Waals surface area contributed by atoms with Crippen LogP contribution in [0.1, 0.15) is 12.6 Å². The van der Waals surface area contributed by atoms with E-state index in [0.29, 0.717) is 15.3 Å². The number of nitrogens with zero attached hydrogens (tertiary/aromatic N) is 2. The van der Waals surface area contributed by atoms with Crippen molar-refractivity contribution in [3.63, 3.8) is 0 Å². The molecule has 7 heteroatoms. The van der Waals surface area contributed by atoms with Crippen molar-refractivity contribution >= 4 is 45.9 Å². The van der Waals surface area contributed by atoms with Crippen molar-refractivity contribution < 1.29 is 4.79 Å². The van der Waals surface area contributed by atoms with E-state index in [2.05, 4.69) is 12.2 Å². The molecule has 1 amide bonds. The Balaban J connectivity index is 1.43. The van der Waals surface area contributed by atoms with E-state index < -0.39 is 0 Å². The van der Waals surface area contributed by atoms with Gasteiger partial charge in [-0.2, -0.15) is 0 Å². The highest BCUT2D eigenvalue weighted by Crippen LogP contribution is 2.35. The Labute approximate surface area is 194 Å². The summed E-state index contributed by atoms with van der Waals surface area (Å²) in [7, 11) is 0. The number of amides is 1. The highest BCUT2D eigenvalue weighted by molar-refractivity contribution is 8.00. The maximum Gasteiger partial charge on any atom is 0.272 e. The standard InChI is InChI=1S/C25H21N3O2S2/c1-16-14-21-23(32-16)24(30)28(18-10-3-2-4-11-18)25(27-21)31-15-22(29)26-20-13-7-9-17-8-5-6-12-19(17)20/h2-13,16H,14-15H2,1H3,(H,26,29)/t16-/m1/s1. The highest BCUT2D eigenvalue weighted by Gasteiger charge is 2.27. The minimum atomic E-state index is -0.136. The lowest BCUT2D eigenvalue weighted by atomic mass is 10.1. The number of rotatable bonds is 5. The summed E-state index contributed by atoms with van der Waals surface area (Å²) >= 11 is 2.86. The minimum Gasteiger partial charge on any atom is -0.325 e. The van der Waals surface area contributed by atoms with Crippen LogP contribution in [0.25, 0.3) is 16.5 Å². The van der Waals surface area contributed by atoms with Gasteiger partial charge in [-0.05, 0) is 23.6 Å². The van der Waals surface area contributed by atoms with E-state index in [0.717, 1.165) is 34.3 Å². The van der Waals surface area contributed by atoms with Gasteiger partial charge in [0, 0.05) is 22.7 Å². The summed E-state index contributed by atoms with van der Waals surface area (Å²) < 4.78 is 1.62. The Kier molecular flexibility index (Phi) is 5.76. The predicted molar refractivity (Wildman–Crippen MR) is 132 cm³/mol. The molecule has 0 saturated carbocycles. The fourth-order valence-electron chi connectivity index (χ4n) is 3.85. The molecule has 5 rings (SSSR count). The van der Waals surface area contributed by atoms with E-state index in [9.17, 15) is 9.59 Å². The molecule has 0 radical (unpaired) electrons. The van der Waals surface area contributed by atoms with Gasteiger partial charge in [0.05, 0.1) is 22.0 Å². The fraction of sp³-hybridized carbons (Fsp3) is 0.160. The molecule has 1 aromatic heterocycles. The van der Waals surface area contributed by atoms with Crippen LogP contribution in [0.4, 0.5) is 5.69 Å². The summed E-state index contributed by atoms with van der Waals surface area (Å²) in [6, 6.07) is 23.3. The van der Waals surface area contributed by atoms with Crippen LogP contribution in [-0.4, -0.2) is 26.5 Å². The Morgan fingerprint density at radius 2 is 1.84 bits per heavy atom. The lowest BCUT2D eigenvalue weighted by Gasteiger charge is -2.14. The quantitative estimate of drug-likeness (QED) is 0.330. The number of anilines is 1. The zero-order valence-electron chi connectivity index (χ0n) is 17.4. The maximum absolute atomic E-state index is 13.3. The Morgan fingerprint density at radius 1 is 1.09 bits per heavy atom. The average Bonchev–Trinajstić information content (AvgIpc) is 3.19. The summed E-state index contributed by atoms with van der Waals surface area (Å²) in [4.78, 5) is 31.6. The smallest absolute Gasteiger partial charge is 0.272 e. The van der Waals surface area contributed by atoms with E-state index in [1.807, 2.05) is 72.8 Å². The zero-order chi connectivity index (χ0) is 22.1. The molecule has 0 saturated heterocycles. The van der Waals surface area contributed by atoms with Crippen LogP contribution in [0.5, 0.6) is 0 Å². The van der Waals surface area contributed by atoms with Crippen LogP contribution in [0, 0.1) is 0 Å². The molecular weight excluding hydrogens is 438 g/mol. The second-order valence-corrected chi connectivity index (χ2v) is 10.0. The first kappa shape index (κ1) is 20.8. The van der Waals surface area contributed by atoms with Crippen molar-refractivity contribution in [2.75, 3.05) is 11.1 Å². The summed E-state index contributed by atoms with van der Waals surface area (Å²) in [6.45, 7) is 2.10. The Morgan fingerprint density at radius 3 is 2.69 bits per heavy atom. The van der Waals surface area contributed by atoms with E-state index in [1.165, 1.54) is 11.8 Å². The zero-order valence-corrected chi connectivity index (χ0v) is 19.1. The van der Waals surface area contributed by atoms with Gasteiger partial charge in [-0.1, -0.05) is 73.3 Å². The van der Waals surface area contributed by atoms with Gasteiger partial charge < -0.3 is 5.32 Å². The van der Waals surface area contributed by atoms with Crippen LogP contribution in [0.3, 0.4) is 0 Å². The minimum absolute atomic E-state index is 0.0625. The molecule has 5 nitrogen and oxygen atoms in total. The van der Waals surface area contributed by atoms with Gasteiger partial charge in [-0.3, -0.25) is 14.2 Å². The number of nitrogens with one attached hydrogen (secondary N) is 1. The third kappa shape index (κ3) is 4.06. The van der Waals surface area contributed by atoms with Gasteiger partial charge in [0.1, 0.15) is 0 Å². The van der Waals surface area contributed by atoms with Gasteiger partial charge in [0.15, 0.2) is 5.16 Å². The van der Waals surface area contributed by atoms with Crippen LogP contribution < -0.4 is 10.9 Å². The molecule has 1 atom stereocenters. The first-order valence-corrected chi connectivity index (χ1v) is 12.2. The Hall–Kier alpha value is -3.03. The fourth-order valence-corrected chi connectivity index (χ4v) is 5.78. The third-order valence-corrected chi connectivity index (χ3v) is 7.45. The molecule has 3 aromatic carbocycles. The predicted octanol–water partition coefficient (Wildman–Crippen LogP) is 5.15. The molecule has 1 N–H and O–H groups in total. The second-order valence-electron chi connectivity index (χ2n) is 7.64. The van der Waals surface area contributed by atoms with Crippen LogP contribution in [0.2, 0.25) is 0 Å². The third-order valence-electron chi connectivity index (χ3n) is 5.29. The topological polar surface area (TPSA) is 64.0 Å². The lowest BCUT2D eigenvalue weighted by molar-refractivity contribution is -0.113. The van der Waals surface area contributed by atoms with Crippen molar-refractivity contribution in [2.45, 2.75) is 28.6 Å². The number of para-hydroxylation sites is 1. The monoisotopic (exact) mass is 459 g/mol. The second kappa shape index (κ2) is 8.84. The largest absolute Gasteiger partial charge is 0.325 e. The molecule has 0 spiro atoms.